The first-order valence-corrected chi connectivity index (χ1v) is 5.77. The number of hydrogen-bond acceptors (Lipinski definition) is 4. The van der Waals surface area contributed by atoms with Gasteiger partial charge in [-0.05, 0) is 37.9 Å². The number of ether oxygens (including phenoxy) is 1. The van der Waals surface area contributed by atoms with Gasteiger partial charge in [0.05, 0.1) is 12.5 Å². The summed E-state index contributed by atoms with van der Waals surface area (Å²) in [5.74, 6) is 0.692. The van der Waals surface area contributed by atoms with E-state index < -0.39 is 0 Å². The Kier molecular flexibility index (Phi) is 3.35. The van der Waals surface area contributed by atoms with E-state index in [0.717, 1.165) is 4.47 Å². The molecule has 0 spiro atoms. The molecule has 2 heterocycles. The van der Waals surface area contributed by atoms with E-state index in [9.17, 15) is 4.79 Å². The average molecular weight is 347 g/mol. The first-order valence-electron chi connectivity index (χ1n) is 4.18. The van der Waals surface area contributed by atoms with E-state index in [4.69, 9.17) is 4.74 Å². The quantitative estimate of drug-likeness (QED) is 0.907. The number of aromatic nitrogens is 3. The Balaban J connectivity index is 2.34. The molecule has 2 aromatic heterocycles. The van der Waals surface area contributed by atoms with Crippen molar-refractivity contribution in [1.29, 1.82) is 0 Å². The van der Waals surface area contributed by atoms with Crippen LogP contribution in [0.15, 0.2) is 38.5 Å². The molecule has 0 saturated carbocycles. The summed E-state index contributed by atoms with van der Waals surface area (Å²) in [6.45, 7) is 0. The van der Waals surface area contributed by atoms with Gasteiger partial charge in [-0.25, -0.2) is 4.98 Å². The van der Waals surface area contributed by atoms with Gasteiger partial charge in [0.1, 0.15) is 10.2 Å². The molecule has 2 aromatic rings. The summed E-state index contributed by atoms with van der Waals surface area (Å²) in [6, 6.07) is 1.72. The van der Waals surface area contributed by atoms with E-state index in [-0.39, 0.29) is 15.9 Å². The molecule has 0 aliphatic rings. The van der Waals surface area contributed by atoms with Crippen LogP contribution in [-0.4, -0.2) is 15.0 Å². The lowest BCUT2D eigenvalue weighted by Gasteiger charge is -2.04. The number of rotatable bonds is 2. The molecule has 0 saturated heterocycles. The Morgan fingerprint density at radius 1 is 1.31 bits per heavy atom. The van der Waals surface area contributed by atoms with Crippen molar-refractivity contribution >= 4 is 31.9 Å². The molecule has 2 rings (SSSR count). The molecule has 1 N–H and O–H groups in total. The monoisotopic (exact) mass is 345 g/mol. The van der Waals surface area contributed by atoms with Crippen LogP contribution in [0, 0.1) is 0 Å². The first kappa shape index (κ1) is 11.3. The normalized spacial score (nSPS) is 10.1. The smallest absolute Gasteiger partial charge is 0.268 e. The Bertz CT molecular complexity index is 571. The fraction of sp³-hybridized carbons (Fsp3) is 0. The number of nitrogens with zero attached hydrogens (tertiary/aromatic N) is 2. The number of nitrogens with one attached hydrogen (secondary N) is 1. The van der Waals surface area contributed by atoms with Gasteiger partial charge < -0.3 is 9.72 Å². The maximum Gasteiger partial charge on any atom is 0.268 e. The van der Waals surface area contributed by atoms with Crippen molar-refractivity contribution in [3.63, 3.8) is 0 Å². The summed E-state index contributed by atoms with van der Waals surface area (Å²) in [7, 11) is 0. The standard InChI is InChI=1S/C9H5Br2N3O2/c10-5-1-6(3-12-2-5)16-9-7(11)8(15)13-4-14-9/h1-4H,(H,13,14,15). The fourth-order valence-electron chi connectivity index (χ4n) is 0.998. The van der Waals surface area contributed by atoms with Gasteiger partial charge in [0.2, 0.25) is 5.88 Å². The lowest BCUT2D eigenvalue weighted by molar-refractivity contribution is 0.454. The van der Waals surface area contributed by atoms with Crippen LogP contribution in [0.25, 0.3) is 0 Å². The maximum absolute atomic E-state index is 11.2. The molecular formula is C9H5Br2N3O2. The van der Waals surface area contributed by atoms with Crippen LogP contribution in [0.2, 0.25) is 0 Å². The zero-order chi connectivity index (χ0) is 11.5. The minimum absolute atomic E-state index is 0.198. The van der Waals surface area contributed by atoms with Crippen LogP contribution >= 0.6 is 31.9 Å². The van der Waals surface area contributed by atoms with Gasteiger partial charge in [-0.3, -0.25) is 9.78 Å². The van der Waals surface area contributed by atoms with E-state index in [0.29, 0.717) is 5.75 Å². The highest BCUT2D eigenvalue weighted by Crippen LogP contribution is 2.25. The van der Waals surface area contributed by atoms with Gasteiger partial charge in [-0.2, -0.15) is 0 Å². The van der Waals surface area contributed by atoms with E-state index in [1.807, 2.05) is 0 Å². The van der Waals surface area contributed by atoms with Crippen LogP contribution in [0.3, 0.4) is 0 Å². The number of H-pyrrole nitrogens is 1. The van der Waals surface area contributed by atoms with E-state index in [1.165, 1.54) is 12.5 Å². The molecule has 0 atom stereocenters. The zero-order valence-corrected chi connectivity index (χ0v) is 10.9. The first-order chi connectivity index (χ1) is 7.66. The van der Waals surface area contributed by atoms with Crippen LogP contribution < -0.4 is 10.3 Å². The summed E-state index contributed by atoms with van der Waals surface area (Å²) < 4.78 is 6.43. The Labute approximate surface area is 107 Å². The third kappa shape index (κ3) is 2.48. The van der Waals surface area contributed by atoms with Crippen molar-refractivity contribution in [1.82, 2.24) is 15.0 Å². The van der Waals surface area contributed by atoms with Crippen molar-refractivity contribution in [2.24, 2.45) is 0 Å². The average Bonchev–Trinajstić information content (AvgIpc) is 2.25. The van der Waals surface area contributed by atoms with Crippen molar-refractivity contribution in [2.75, 3.05) is 0 Å². The molecule has 0 aliphatic carbocycles. The largest absolute Gasteiger partial charge is 0.436 e. The van der Waals surface area contributed by atoms with Gasteiger partial charge in [0.15, 0.2) is 0 Å². The molecule has 0 bridgehead atoms. The van der Waals surface area contributed by atoms with Crippen LogP contribution in [0.1, 0.15) is 0 Å². The summed E-state index contributed by atoms with van der Waals surface area (Å²) >= 11 is 6.36. The fourth-order valence-corrected chi connectivity index (χ4v) is 1.64. The summed E-state index contributed by atoms with van der Waals surface area (Å²) in [5, 5.41) is 0. The molecule has 0 amide bonds. The summed E-state index contributed by atoms with van der Waals surface area (Å²) in [6.07, 6.45) is 4.43. The highest BCUT2D eigenvalue weighted by Gasteiger charge is 2.07. The predicted molar refractivity (Wildman–Crippen MR) is 64.6 cm³/mol. The van der Waals surface area contributed by atoms with Gasteiger partial charge >= 0.3 is 0 Å². The highest BCUT2D eigenvalue weighted by molar-refractivity contribution is 9.10. The molecule has 0 aromatic carbocycles. The molecule has 0 fully saturated rings. The molecule has 16 heavy (non-hydrogen) atoms. The van der Waals surface area contributed by atoms with Crippen molar-refractivity contribution < 1.29 is 4.74 Å². The molecule has 0 aliphatic heterocycles. The molecule has 82 valence electrons. The van der Waals surface area contributed by atoms with Crippen LogP contribution in [-0.2, 0) is 0 Å². The zero-order valence-electron chi connectivity index (χ0n) is 7.78. The Hall–Kier alpha value is -1.21. The van der Waals surface area contributed by atoms with Gasteiger partial charge in [-0.15, -0.1) is 0 Å². The minimum atomic E-state index is -0.298. The SMILES string of the molecule is O=c1[nH]cnc(Oc2cncc(Br)c2)c1Br. The topological polar surface area (TPSA) is 67.9 Å². The molecule has 5 nitrogen and oxygen atoms in total. The number of aromatic amines is 1. The predicted octanol–water partition coefficient (Wildman–Crippen LogP) is 2.48. The third-order valence-electron chi connectivity index (χ3n) is 1.66. The van der Waals surface area contributed by atoms with Crippen LogP contribution in [0.4, 0.5) is 0 Å². The van der Waals surface area contributed by atoms with Crippen molar-refractivity contribution in [2.45, 2.75) is 0 Å². The second-order valence-corrected chi connectivity index (χ2v) is 4.50. The summed E-state index contributed by atoms with van der Waals surface area (Å²) in [5.41, 5.74) is -0.298. The number of hydrogen-bond donors (Lipinski definition) is 1. The number of pyridine rings is 1. The molecule has 0 radical (unpaired) electrons. The third-order valence-corrected chi connectivity index (χ3v) is 2.79. The second kappa shape index (κ2) is 4.75. The van der Waals surface area contributed by atoms with Crippen molar-refractivity contribution in [3.8, 4) is 11.6 Å². The maximum atomic E-state index is 11.2. The van der Waals surface area contributed by atoms with E-state index in [1.54, 1.807) is 12.3 Å². The Morgan fingerprint density at radius 3 is 2.88 bits per heavy atom. The Morgan fingerprint density at radius 2 is 2.12 bits per heavy atom. The van der Waals surface area contributed by atoms with E-state index in [2.05, 4.69) is 46.8 Å². The lowest BCUT2D eigenvalue weighted by atomic mass is 10.5. The molecule has 0 unspecified atom stereocenters. The van der Waals surface area contributed by atoms with Gasteiger partial charge in [0.25, 0.3) is 5.56 Å². The number of halogens is 2. The van der Waals surface area contributed by atoms with Gasteiger partial charge in [-0.1, -0.05) is 0 Å². The molecule has 7 heteroatoms. The van der Waals surface area contributed by atoms with Crippen molar-refractivity contribution in [3.05, 3.63) is 44.1 Å². The lowest BCUT2D eigenvalue weighted by Crippen LogP contribution is -2.08. The summed E-state index contributed by atoms with van der Waals surface area (Å²) in [4.78, 5) is 21.5. The highest BCUT2D eigenvalue weighted by atomic mass is 79.9. The molecular weight excluding hydrogens is 342 g/mol. The second-order valence-electron chi connectivity index (χ2n) is 2.79. The van der Waals surface area contributed by atoms with Gasteiger partial charge in [0, 0.05) is 10.7 Å². The minimum Gasteiger partial charge on any atom is -0.436 e. The van der Waals surface area contributed by atoms with E-state index >= 15 is 0 Å². The van der Waals surface area contributed by atoms with Crippen LogP contribution in [0.5, 0.6) is 11.6 Å².